The number of rotatable bonds is 6. The zero-order valence-electron chi connectivity index (χ0n) is 30.7. The van der Waals surface area contributed by atoms with Gasteiger partial charge in [-0.2, -0.15) is 11.3 Å². The van der Waals surface area contributed by atoms with Gasteiger partial charge in [-0.1, -0.05) is 47.9 Å². The fourth-order valence-corrected chi connectivity index (χ4v) is 10.4. The summed E-state index contributed by atoms with van der Waals surface area (Å²) in [6, 6.07) is 36.7. The van der Waals surface area contributed by atoms with Gasteiger partial charge in [0.15, 0.2) is 0 Å². The second-order valence-electron chi connectivity index (χ2n) is 13.2. The van der Waals surface area contributed by atoms with Crippen LogP contribution in [0, 0.1) is 30.7 Å². The molecule has 0 bridgehead atoms. The van der Waals surface area contributed by atoms with E-state index in [0.717, 1.165) is 49.0 Å². The van der Waals surface area contributed by atoms with Crippen LogP contribution in [-0.4, -0.2) is 23.2 Å². The molecule has 3 heterocycles. The van der Waals surface area contributed by atoms with E-state index >= 15 is 0 Å². The maximum atomic E-state index is 13.7. The maximum absolute atomic E-state index is 13.7. The summed E-state index contributed by atoms with van der Waals surface area (Å²) in [5.41, 5.74) is 6.71. The minimum Gasteiger partial charge on any atom is -0.304 e. The molecule has 2 nitrogen and oxygen atoms in total. The molecule has 0 spiro atoms. The minimum absolute atomic E-state index is 0. The van der Waals surface area contributed by atoms with Gasteiger partial charge in [0.1, 0.15) is 5.82 Å². The Hall–Kier alpha value is -3.48. The normalized spacial score (nSPS) is 12.5. The average molecular weight is 891 g/mol. The van der Waals surface area contributed by atoms with Crippen LogP contribution >= 0.6 is 11.3 Å². The quantitative estimate of drug-likeness (QED) is 0.123. The maximum Gasteiger partial charge on any atom is 0.124 e. The number of aryl methyl sites for hydroxylation is 1. The summed E-state index contributed by atoms with van der Waals surface area (Å²) in [4.78, 5) is 9.18. The van der Waals surface area contributed by atoms with Crippen LogP contribution in [0.3, 0.4) is 0 Å². The Balaban J connectivity index is 0.000000211. The largest absolute Gasteiger partial charge is 0.304 e. The predicted octanol–water partition coefficient (Wildman–Crippen LogP) is 11.3. The van der Waals surface area contributed by atoms with E-state index < -0.39 is 20.1 Å². The Kier molecular flexibility index (Phi) is 10.2. The SMILES string of the molecule is CC(C)Cc1cc(-c2[c-]cccc2)nc[c]1[Ge]([CH3])([CH3])[CH3].[2H]C([2H])([2H])c1cnc(-c2[c-]ccc3c2sc2cc(F)ccc23)cc1-c1ccccc1.[Ir]. The van der Waals surface area contributed by atoms with Crippen molar-refractivity contribution in [3.05, 3.63) is 139 Å². The van der Waals surface area contributed by atoms with Gasteiger partial charge >= 0.3 is 126 Å². The van der Waals surface area contributed by atoms with Crippen molar-refractivity contribution in [3.8, 4) is 33.6 Å². The Morgan fingerprint density at radius 1 is 0.833 bits per heavy atom. The van der Waals surface area contributed by atoms with E-state index in [4.69, 9.17) is 9.10 Å². The van der Waals surface area contributed by atoms with Crippen molar-refractivity contribution in [2.24, 2.45) is 5.92 Å². The Bertz CT molecular complexity index is 2270. The number of halogens is 1. The van der Waals surface area contributed by atoms with Crippen LogP contribution in [0.2, 0.25) is 17.3 Å². The molecule has 0 fully saturated rings. The van der Waals surface area contributed by atoms with E-state index in [9.17, 15) is 4.39 Å². The monoisotopic (exact) mass is 892 g/mol. The van der Waals surface area contributed by atoms with Crippen LogP contribution in [0.4, 0.5) is 4.39 Å². The molecule has 0 aliphatic rings. The third-order valence-corrected chi connectivity index (χ3v) is 13.6. The van der Waals surface area contributed by atoms with E-state index in [1.54, 1.807) is 10.5 Å². The molecule has 6 heteroatoms. The topological polar surface area (TPSA) is 25.8 Å². The molecular formula is C42H39FGeIrN2S-2. The molecule has 0 saturated heterocycles. The smallest absolute Gasteiger partial charge is 0.124 e. The molecule has 0 amide bonds. The van der Waals surface area contributed by atoms with Crippen molar-refractivity contribution in [2.75, 3.05) is 0 Å². The minimum atomic E-state index is -2.28. The first-order chi connectivity index (χ1) is 23.8. The van der Waals surface area contributed by atoms with Crippen molar-refractivity contribution in [3.63, 3.8) is 0 Å². The molecule has 0 saturated carbocycles. The van der Waals surface area contributed by atoms with Gasteiger partial charge in [0, 0.05) is 35.1 Å². The van der Waals surface area contributed by atoms with E-state index in [1.807, 2.05) is 66.7 Å². The van der Waals surface area contributed by atoms with Gasteiger partial charge in [-0.25, -0.2) is 4.39 Å². The molecule has 7 rings (SSSR count). The van der Waals surface area contributed by atoms with Crippen molar-refractivity contribution in [1.29, 1.82) is 0 Å². The van der Waals surface area contributed by atoms with Crippen LogP contribution in [0.15, 0.2) is 109 Å². The van der Waals surface area contributed by atoms with Gasteiger partial charge in [0.2, 0.25) is 0 Å². The molecule has 1 radical (unpaired) electrons. The first-order valence-corrected chi connectivity index (χ1v) is 24.0. The van der Waals surface area contributed by atoms with Crippen LogP contribution in [-0.2, 0) is 26.5 Å². The van der Waals surface area contributed by atoms with Crippen LogP contribution in [0.25, 0.3) is 53.8 Å². The second kappa shape index (κ2) is 15.4. The van der Waals surface area contributed by atoms with Crippen molar-refractivity contribution < 1.29 is 28.6 Å². The third kappa shape index (κ3) is 8.03. The first kappa shape index (κ1) is 31.8. The van der Waals surface area contributed by atoms with E-state index in [0.29, 0.717) is 17.2 Å². The number of pyridine rings is 2. The zero-order valence-corrected chi connectivity index (χ0v) is 33.0. The summed E-state index contributed by atoms with van der Waals surface area (Å²) in [6.45, 7) is 2.30. The summed E-state index contributed by atoms with van der Waals surface area (Å²) < 4.78 is 40.8. The number of benzene rings is 4. The molecule has 0 aliphatic heterocycles. The molecule has 0 N–H and O–H groups in total. The molecule has 3 aromatic heterocycles. The second-order valence-corrected chi connectivity index (χ2v) is 24.8. The molecule has 48 heavy (non-hydrogen) atoms. The summed E-state index contributed by atoms with van der Waals surface area (Å²) in [7, 11) is 0. The van der Waals surface area contributed by atoms with Gasteiger partial charge in [-0.15, -0.1) is 23.8 Å². The molecule has 0 aliphatic carbocycles. The van der Waals surface area contributed by atoms with Gasteiger partial charge in [-0.3, -0.25) is 0 Å². The predicted molar refractivity (Wildman–Crippen MR) is 202 cm³/mol. The molecule has 245 valence electrons. The summed E-state index contributed by atoms with van der Waals surface area (Å²) in [6.07, 6.45) is 4.71. The van der Waals surface area contributed by atoms with Crippen LogP contribution < -0.4 is 4.40 Å². The van der Waals surface area contributed by atoms with Gasteiger partial charge in [0.25, 0.3) is 0 Å². The Labute approximate surface area is 308 Å². The Morgan fingerprint density at radius 3 is 2.31 bits per heavy atom. The molecule has 7 aromatic rings. The fourth-order valence-electron chi connectivity index (χ4n) is 5.84. The first-order valence-electron chi connectivity index (χ1n) is 17.3. The standard InChI is InChI=1S/C24H15FNS.C18H24GeN.Ir/c1-15-14-26-22(13-21(15)16-6-3-2-4-7-16)20-9-5-8-19-18-11-10-17(25)12-23(18)27-24(19)20;1-14(2)11-16-12-18(15-9-7-6-8-10-15)20-13-17(16)19(3,4)5;/h2-8,10-14H,1H3;6-9,12-14H,11H2,1-5H3;/q2*-1;/i1D3;;. The number of fused-ring (bicyclic) bond motifs is 3. The number of hydrogen-bond acceptors (Lipinski definition) is 3. The summed E-state index contributed by atoms with van der Waals surface area (Å²) in [5, 5.41) is 1.99. The van der Waals surface area contributed by atoms with Gasteiger partial charge < -0.3 is 4.98 Å². The zero-order chi connectivity index (χ0) is 35.6. The van der Waals surface area contributed by atoms with Crippen LogP contribution in [0.1, 0.15) is 29.1 Å². The Morgan fingerprint density at radius 2 is 1.60 bits per heavy atom. The molecule has 0 atom stereocenters. The van der Waals surface area contributed by atoms with E-state index in [2.05, 4.69) is 66.6 Å². The number of thiophene rings is 1. The number of hydrogen-bond donors (Lipinski definition) is 0. The van der Waals surface area contributed by atoms with Crippen LogP contribution in [0.5, 0.6) is 0 Å². The number of aromatic nitrogens is 2. The van der Waals surface area contributed by atoms with Crippen molar-refractivity contribution >= 4 is 49.2 Å². The van der Waals surface area contributed by atoms with E-state index in [1.165, 1.54) is 35.2 Å². The van der Waals surface area contributed by atoms with Crippen molar-refractivity contribution in [2.45, 2.75) is 44.4 Å². The van der Waals surface area contributed by atoms with Gasteiger partial charge in [0.05, 0.1) is 0 Å². The summed E-state index contributed by atoms with van der Waals surface area (Å²) >= 11 is -0.372. The summed E-state index contributed by atoms with van der Waals surface area (Å²) in [5.74, 6) is 7.72. The average Bonchev–Trinajstić information content (AvgIpc) is 3.45. The number of nitrogens with zero attached hydrogens (tertiary/aromatic N) is 2. The van der Waals surface area contributed by atoms with Gasteiger partial charge in [-0.05, 0) is 51.5 Å². The fraction of sp³-hybridized carbons (Fsp3) is 0.190. The van der Waals surface area contributed by atoms with Crippen molar-refractivity contribution in [1.82, 2.24) is 9.97 Å². The molecule has 0 unspecified atom stereocenters. The third-order valence-electron chi connectivity index (χ3n) is 8.05. The molecule has 4 aromatic carbocycles. The molecular weight excluding hydrogens is 848 g/mol. The van der Waals surface area contributed by atoms with E-state index in [-0.39, 0.29) is 31.5 Å².